The lowest BCUT2D eigenvalue weighted by Gasteiger charge is -2.30. The molecule has 1 N–H and O–H groups in total. The highest BCUT2D eigenvalue weighted by Gasteiger charge is 2.25. The van der Waals surface area contributed by atoms with Crippen LogP contribution in [0.15, 0.2) is 18.2 Å². The molecule has 1 heterocycles. The topological polar surface area (TPSA) is 47.9 Å². The fraction of sp³-hybridized carbons (Fsp3) is 0.571. The summed E-state index contributed by atoms with van der Waals surface area (Å²) in [6, 6.07) is 5.69. The number of aliphatic hydroxyl groups is 1. The maximum Gasteiger partial charge on any atom is 0.122 e. The van der Waals surface area contributed by atoms with Crippen molar-refractivity contribution in [3.63, 3.8) is 0 Å². The van der Waals surface area contributed by atoms with Gasteiger partial charge in [0.05, 0.1) is 34.0 Å². The van der Waals surface area contributed by atoms with E-state index in [1.165, 1.54) is 0 Å². The molecule has 0 saturated carbocycles. The second kappa shape index (κ2) is 6.07. The van der Waals surface area contributed by atoms with Crippen LogP contribution >= 0.6 is 0 Å². The van der Waals surface area contributed by atoms with Gasteiger partial charge in [-0.3, -0.25) is 0 Å². The van der Waals surface area contributed by atoms with Crippen LogP contribution in [0.4, 0.5) is 0 Å². The van der Waals surface area contributed by atoms with Gasteiger partial charge in [-0.25, -0.2) is 0 Å². The van der Waals surface area contributed by atoms with Crippen LogP contribution in [0, 0.1) is 5.92 Å². The standard InChI is InChI=1S/C14H20O4/c1-16-12-3-4-14(17-2)13(6-12)11(7-15)5-10-8-18-9-10/h3-4,6,10-11,15H,5,7-9H2,1-2H3. The lowest BCUT2D eigenvalue weighted by molar-refractivity contribution is -0.0406. The molecule has 0 aliphatic carbocycles. The van der Waals surface area contributed by atoms with Crippen molar-refractivity contribution >= 4 is 0 Å². The molecule has 4 nitrogen and oxygen atoms in total. The van der Waals surface area contributed by atoms with E-state index in [-0.39, 0.29) is 12.5 Å². The third kappa shape index (κ3) is 2.76. The first kappa shape index (κ1) is 13.2. The minimum Gasteiger partial charge on any atom is -0.497 e. The van der Waals surface area contributed by atoms with Crippen molar-refractivity contribution in [3.05, 3.63) is 23.8 Å². The van der Waals surface area contributed by atoms with E-state index in [0.717, 1.165) is 36.7 Å². The van der Waals surface area contributed by atoms with E-state index >= 15 is 0 Å². The molecule has 1 unspecified atom stereocenters. The predicted molar refractivity (Wildman–Crippen MR) is 68.3 cm³/mol. The van der Waals surface area contributed by atoms with Gasteiger partial charge < -0.3 is 19.3 Å². The Kier molecular flexibility index (Phi) is 4.44. The van der Waals surface area contributed by atoms with Gasteiger partial charge in [0.1, 0.15) is 11.5 Å². The third-order valence-electron chi connectivity index (χ3n) is 3.42. The van der Waals surface area contributed by atoms with Gasteiger partial charge in [0.15, 0.2) is 0 Å². The number of methoxy groups -OCH3 is 2. The van der Waals surface area contributed by atoms with Crippen molar-refractivity contribution in [2.24, 2.45) is 5.92 Å². The average Bonchev–Trinajstić information content (AvgIpc) is 2.37. The zero-order chi connectivity index (χ0) is 13.0. The summed E-state index contributed by atoms with van der Waals surface area (Å²) < 4.78 is 15.8. The van der Waals surface area contributed by atoms with Crippen LogP contribution < -0.4 is 9.47 Å². The molecule has 1 aliphatic rings. The van der Waals surface area contributed by atoms with E-state index in [1.54, 1.807) is 14.2 Å². The van der Waals surface area contributed by atoms with E-state index in [2.05, 4.69) is 0 Å². The minimum atomic E-state index is 0.0731. The van der Waals surface area contributed by atoms with Gasteiger partial charge in [0.25, 0.3) is 0 Å². The van der Waals surface area contributed by atoms with Gasteiger partial charge >= 0.3 is 0 Å². The summed E-state index contributed by atoms with van der Waals surface area (Å²) in [6.45, 7) is 1.70. The molecule has 1 aromatic carbocycles. The summed E-state index contributed by atoms with van der Waals surface area (Å²) in [4.78, 5) is 0. The van der Waals surface area contributed by atoms with Crippen molar-refractivity contribution in [3.8, 4) is 11.5 Å². The Bertz CT molecular complexity index is 387. The van der Waals surface area contributed by atoms with Crippen molar-refractivity contribution in [2.45, 2.75) is 12.3 Å². The Hall–Kier alpha value is -1.26. The van der Waals surface area contributed by atoms with Gasteiger partial charge in [-0.1, -0.05) is 0 Å². The summed E-state index contributed by atoms with van der Waals surface area (Å²) in [5, 5.41) is 9.59. The van der Waals surface area contributed by atoms with Crippen LogP contribution in [-0.4, -0.2) is 39.1 Å². The molecule has 1 fully saturated rings. The Morgan fingerprint density at radius 3 is 2.61 bits per heavy atom. The largest absolute Gasteiger partial charge is 0.497 e. The zero-order valence-corrected chi connectivity index (χ0v) is 10.9. The molecule has 0 aromatic heterocycles. The maximum absolute atomic E-state index is 9.59. The molecule has 1 atom stereocenters. The monoisotopic (exact) mass is 252 g/mol. The fourth-order valence-corrected chi connectivity index (χ4v) is 2.28. The summed E-state index contributed by atoms with van der Waals surface area (Å²) >= 11 is 0. The van der Waals surface area contributed by atoms with Crippen molar-refractivity contribution < 1.29 is 19.3 Å². The van der Waals surface area contributed by atoms with Crippen molar-refractivity contribution in [1.82, 2.24) is 0 Å². The SMILES string of the molecule is COc1ccc(OC)c(C(CO)CC2COC2)c1. The zero-order valence-electron chi connectivity index (χ0n) is 10.9. The van der Waals surface area contributed by atoms with Gasteiger partial charge in [0, 0.05) is 17.4 Å². The van der Waals surface area contributed by atoms with Gasteiger partial charge in [-0.2, -0.15) is 0 Å². The van der Waals surface area contributed by atoms with E-state index < -0.39 is 0 Å². The highest BCUT2D eigenvalue weighted by Crippen LogP contribution is 2.35. The molecular formula is C14H20O4. The van der Waals surface area contributed by atoms with Crippen LogP contribution in [0.3, 0.4) is 0 Å². The molecule has 2 rings (SSSR count). The summed E-state index contributed by atoms with van der Waals surface area (Å²) in [7, 11) is 3.28. The second-order valence-electron chi connectivity index (χ2n) is 4.63. The van der Waals surface area contributed by atoms with Crippen LogP contribution in [0.5, 0.6) is 11.5 Å². The lowest BCUT2D eigenvalue weighted by Crippen LogP contribution is -2.29. The number of aliphatic hydroxyl groups excluding tert-OH is 1. The predicted octanol–water partition coefficient (Wildman–Crippen LogP) is 1.82. The first-order valence-electron chi connectivity index (χ1n) is 6.19. The molecule has 0 bridgehead atoms. The van der Waals surface area contributed by atoms with Crippen molar-refractivity contribution in [2.75, 3.05) is 34.0 Å². The Balaban J connectivity index is 2.20. The molecule has 0 amide bonds. The molecule has 4 heteroatoms. The first-order valence-corrected chi connectivity index (χ1v) is 6.19. The molecule has 0 spiro atoms. The van der Waals surface area contributed by atoms with Crippen molar-refractivity contribution in [1.29, 1.82) is 0 Å². The molecule has 100 valence electrons. The smallest absolute Gasteiger partial charge is 0.122 e. The number of rotatable bonds is 6. The number of benzene rings is 1. The molecule has 1 aliphatic heterocycles. The van der Waals surface area contributed by atoms with Crippen LogP contribution in [-0.2, 0) is 4.74 Å². The fourth-order valence-electron chi connectivity index (χ4n) is 2.28. The normalized spacial score (nSPS) is 17.1. The van der Waals surface area contributed by atoms with Gasteiger partial charge in [-0.05, 0) is 24.6 Å². The summed E-state index contributed by atoms with van der Waals surface area (Å²) in [5.41, 5.74) is 1.01. The maximum atomic E-state index is 9.59. The van der Waals surface area contributed by atoms with Crippen LogP contribution in [0.1, 0.15) is 17.9 Å². The van der Waals surface area contributed by atoms with E-state index in [1.807, 2.05) is 18.2 Å². The number of hydrogen-bond acceptors (Lipinski definition) is 4. The van der Waals surface area contributed by atoms with Crippen LogP contribution in [0.2, 0.25) is 0 Å². The highest BCUT2D eigenvalue weighted by atomic mass is 16.5. The molecule has 0 radical (unpaired) electrons. The van der Waals surface area contributed by atoms with E-state index in [4.69, 9.17) is 14.2 Å². The summed E-state index contributed by atoms with van der Waals surface area (Å²) in [6.07, 6.45) is 0.917. The van der Waals surface area contributed by atoms with E-state index in [9.17, 15) is 5.11 Å². The Labute approximate surface area is 107 Å². The molecule has 18 heavy (non-hydrogen) atoms. The average molecular weight is 252 g/mol. The van der Waals surface area contributed by atoms with E-state index in [0.29, 0.717) is 5.92 Å². The highest BCUT2D eigenvalue weighted by molar-refractivity contribution is 5.42. The van der Waals surface area contributed by atoms with Gasteiger partial charge in [-0.15, -0.1) is 0 Å². The number of ether oxygens (including phenoxy) is 3. The van der Waals surface area contributed by atoms with Crippen LogP contribution in [0.25, 0.3) is 0 Å². The van der Waals surface area contributed by atoms with Gasteiger partial charge in [0.2, 0.25) is 0 Å². The second-order valence-corrected chi connectivity index (χ2v) is 4.63. The third-order valence-corrected chi connectivity index (χ3v) is 3.42. The molecule has 1 saturated heterocycles. The minimum absolute atomic E-state index is 0.0731. The number of hydrogen-bond donors (Lipinski definition) is 1. The summed E-state index contributed by atoms with van der Waals surface area (Å²) in [5.74, 6) is 2.20. The molecule has 1 aromatic rings. The Morgan fingerprint density at radius 2 is 2.11 bits per heavy atom. The quantitative estimate of drug-likeness (QED) is 0.839. The lowest BCUT2D eigenvalue weighted by atomic mass is 9.88. The first-order chi connectivity index (χ1) is 8.78. The molecular weight excluding hydrogens is 232 g/mol. The Morgan fingerprint density at radius 1 is 1.33 bits per heavy atom.